The van der Waals surface area contributed by atoms with E-state index in [1.54, 1.807) is 12.1 Å². The molecule has 0 unspecified atom stereocenters. The molecule has 0 radical (unpaired) electrons. The number of nitriles is 1. The lowest BCUT2D eigenvalue weighted by Gasteiger charge is -2.12. The molecule has 0 saturated carbocycles. The fourth-order valence-corrected chi connectivity index (χ4v) is 2.98. The summed E-state index contributed by atoms with van der Waals surface area (Å²) in [4.78, 5) is 33.0. The van der Waals surface area contributed by atoms with Gasteiger partial charge in [-0.3, -0.25) is 9.59 Å². The zero-order chi connectivity index (χ0) is 26.1. The number of hydrogen-bond acceptors (Lipinski definition) is 7. The van der Waals surface area contributed by atoms with Gasteiger partial charge in [-0.25, -0.2) is 14.6 Å². The number of hydrogen-bond donors (Lipinski definition) is 2. The largest absolute Gasteiger partial charge is 0.418 e. The second-order valence-corrected chi connectivity index (χ2v) is 7.08. The average Bonchev–Trinajstić information content (AvgIpc) is 3.30. The number of aromatic amines is 1. The normalized spacial score (nSPS) is 10.9. The van der Waals surface area contributed by atoms with E-state index < -0.39 is 17.3 Å². The maximum atomic E-state index is 13.0. The molecule has 0 atom stereocenters. The predicted molar refractivity (Wildman–Crippen MR) is 123 cm³/mol. The fraction of sp³-hybridized carbons (Fsp3) is 0.217. The number of alkyl halides is 3. The van der Waals surface area contributed by atoms with Crippen LogP contribution < -0.4 is 10.9 Å². The lowest BCUT2D eigenvalue weighted by Crippen LogP contribution is -2.14. The third-order valence-corrected chi connectivity index (χ3v) is 4.65. The Kier molecular flexibility index (Phi) is 8.48. The molecule has 3 aromatic heterocycles. The summed E-state index contributed by atoms with van der Waals surface area (Å²) in [6, 6.07) is 10.1. The molecule has 0 spiro atoms. The first-order valence-electron chi connectivity index (χ1n) is 10.6. The van der Waals surface area contributed by atoms with Crippen molar-refractivity contribution in [3.05, 3.63) is 76.6 Å². The number of aromatic nitrogens is 5. The van der Waals surface area contributed by atoms with Gasteiger partial charge in [-0.15, -0.1) is 0 Å². The van der Waals surface area contributed by atoms with Crippen molar-refractivity contribution in [2.45, 2.75) is 19.5 Å². The molecule has 36 heavy (non-hydrogen) atoms. The number of halogens is 3. The molecular formula is C23H20F3N7O3. The summed E-state index contributed by atoms with van der Waals surface area (Å²) in [5.41, 5.74) is -0.927. The van der Waals surface area contributed by atoms with Gasteiger partial charge < -0.3 is 15.0 Å². The van der Waals surface area contributed by atoms with Gasteiger partial charge in [-0.05, 0) is 31.2 Å². The molecule has 1 amide bonds. The van der Waals surface area contributed by atoms with Gasteiger partial charge in [-0.1, -0.05) is 12.1 Å². The zero-order valence-electron chi connectivity index (χ0n) is 18.9. The Hall–Kier alpha value is -4.57. The van der Waals surface area contributed by atoms with E-state index in [9.17, 15) is 22.8 Å². The van der Waals surface area contributed by atoms with Crippen LogP contribution in [-0.2, 0) is 15.7 Å². The number of amides is 1. The molecule has 0 aliphatic rings. The summed E-state index contributed by atoms with van der Waals surface area (Å²) < 4.78 is 45.0. The number of nitrogens with zero attached hydrogens (tertiary/aromatic N) is 5. The number of fused-ring (bicyclic) bond motifs is 1. The molecule has 4 rings (SSSR count). The van der Waals surface area contributed by atoms with Crippen LogP contribution in [0.1, 0.15) is 24.5 Å². The SMILES string of the molecule is CCOCCC(=O)Nc1ccc(C#N)cn1.O=c1[nH]cnc2c1cnn2-c1ccccc1C(F)(F)F. The zero-order valence-corrected chi connectivity index (χ0v) is 18.9. The Morgan fingerprint density at radius 3 is 2.64 bits per heavy atom. The van der Waals surface area contributed by atoms with Crippen molar-refractivity contribution >= 4 is 22.8 Å². The molecule has 13 heteroatoms. The lowest BCUT2D eigenvalue weighted by molar-refractivity contribution is -0.137. The van der Waals surface area contributed by atoms with Gasteiger partial charge in [0, 0.05) is 12.8 Å². The molecule has 4 aromatic rings. The Morgan fingerprint density at radius 2 is 1.97 bits per heavy atom. The smallest absolute Gasteiger partial charge is 0.381 e. The Labute approximate surface area is 202 Å². The van der Waals surface area contributed by atoms with Crippen LogP contribution in [0.4, 0.5) is 19.0 Å². The van der Waals surface area contributed by atoms with E-state index >= 15 is 0 Å². The molecule has 0 aliphatic heterocycles. The maximum absolute atomic E-state index is 13.0. The van der Waals surface area contributed by atoms with E-state index in [4.69, 9.17) is 10.00 Å². The highest BCUT2D eigenvalue weighted by Gasteiger charge is 2.34. The van der Waals surface area contributed by atoms with Gasteiger partial charge >= 0.3 is 6.18 Å². The third-order valence-electron chi connectivity index (χ3n) is 4.65. The second-order valence-electron chi connectivity index (χ2n) is 7.08. The van der Waals surface area contributed by atoms with Crippen molar-refractivity contribution in [2.75, 3.05) is 18.5 Å². The standard InChI is InChI=1S/C12H7F3N4O.C11H13N3O2/c13-12(14,15)8-3-1-2-4-9(8)19-10-7(5-18-19)11(20)17-6-16-10;1-2-16-6-5-11(15)14-10-4-3-9(7-12)8-13-10/h1-6H,(H,16,17,20);3-4,8H,2,5-6H2,1H3,(H,13,14,15). The molecule has 186 valence electrons. The Morgan fingerprint density at radius 1 is 1.19 bits per heavy atom. The van der Waals surface area contributed by atoms with Gasteiger partial charge in [-0.2, -0.15) is 23.5 Å². The van der Waals surface area contributed by atoms with Gasteiger partial charge in [0.05, 0.1) is 42.4 Å². The van der Waals surface area contributed by atoms with Crippen LogP contribution in [-0.4, -0.2) is 43.9 Å². The first kappa shape index (κ1) is 26.0. The Balaban J connectivity index is 0.000000207. The van der Waals surface area contributed by atoms with Crippen LogP contribution in [0.25, 0.3) is 16.7 Å². The molecule has 1 aromatic carbocycles. The summed E-state index contributed by atoms with van der Waals surface area (Å²) in [5.74, 6) is 0.297. The Bertz CT molecular complexity index is 1420. The molecule has 2 N–H and O–H groups in total. The number of pyridine rings is 1. The monoisotopic (exact) mass is 499 g/mol. The van der Waals surface area contributed by atoms with E-state index in [0.717, 1.165) is 17.1 Å². The van der Waals surface area contributed by atoms with Crippen LogP contribution >= 0.6 is 0 Å². The first-order valence-corrected chi connectivity index (χ1v) is 10.6. The van der Waals surface area contributed by atoms with Gasteiger partial charge in [0.1, 0.15) is 17.3 Å². The van der Waals surface area contributed by atoms with Crippen LogP contribution in [0, 0.1) is 11.3 Å². The van der Waals surface area contributed by atoms with E-state index in [-0.39, 0.29) is 22.6 Å². The number of carbonyl (C=O) groups is 1. The fourth-order valence-electron chi connectivity index (χ4n) is 2.98. The third kappa shape index (κ3) is 6.51. The van der Waals surface area contributed by atoms with Crippen molar-refractivity contribution in [1.82, 2.24) is 24.7 Å². The lowest BCUT2D eigenvalue weighted by atomic mass is 10.1. The average molecular weight is 499 g/mol. The van der Waals surface area contributed by atoms with Crippen molar-refractivity contribution in [3.8, 4) is 11.8 Å². The molecule has 0 aliphatic carbocycles. The highest BCUT2D eigenvalue weighted by molar-refractivity contribution is 5.89. The maximum Gasteiger partial charge on any atom is 0.418 e. The number of para-hydroxylation sites is 1. The quantitative estimate of drug-likeness (QED) is 0.388. The van der Waals surface area contributed by atoms with Crippen LogP contribution in [0.15, 0.2) is 59.9 Å². The van der Waals surface area contributed by atoms with Gasteiger partial charge in [0.25, 0.3) is 5.56 Å². The number of anilines is 1. The topological polar surface area (TPSA) is 139 Å². The van der Waals surface area contributed by atoms with E-state index in [2.05, 4.69) is 25.4 Å². The summed E-state index contributed by atoms with van der Waals surface area (Å²) in [6.07, 6.45) is -0.489. The minimum Gasteiger partial charge on any atom is -0.381 e. The van der Waals surface area contributed by atoms with Crippen molar-refractivity contribution in [2.24, 2.45) is 0 Å². The summed E-state index contributed by atoms with van der Waals surface area (Å²) in [6.45, 7) is 2.88. The molecule has 0 saturated heterocycles. The van der Waals surface area contributed by atoms with Crippen LogP contribution in [0.2, 0.25) is 0 Å². The summed E-state index contributed by atoms with van der Waals surface area (Å²) in [7, 11) is 0. The molecule has 3 heterocycles. The van der Waals surface area contributed by atoms with Gasteiger partial charge in [0.2, 0.25) is 5.91 Å². The van der Waals surface area contributed by atoms with Gasteiger partial charge in [0.15, 0.2) is 5.65 Å². The molecule has 10 nitrogen and oxygen atoms in total. The van der Waals surface area contributed by atoms with Crippen molar-refractivity contribution in [1.29, 1.82) is 5.26 Å². The molecule has 0 fully saturated rings. The molecule has 0 bridgehead atoms. The van der Waals surface area contributed by atoms with Crippen molar-refractivity contribution < 1.29 is 22.7 Å². The highest BCUT2D eigenvalue weighted by atomic mass is 19.4. The number of carbonyl (C=O) groups excluding carboxylic acids is 1. The highest BCUT2D eigenvalue weighted by Crippen LogP contribution is 2.34. The summed E-state index contributed by atoms with van der Waals surface area (Å²) in [5, 5.41) is 15.1. The number of rotatable bonds is 6. The van der Waals surface area contributed by atoms with E-state index in [0.29, 0.717) is 31.0 Å². The number of ether oxygens (including phenoxy) is 1. The number of nitrogens with one attached hydrogen (secondary N) is 2. The van der Waals surface area contributed by atoms with Crippen molar-refractivity contribution in [3.63, 3.8) is 0 Å². The van der Waals surface area contributed by atoms with Crippen LogP contribution in [0.3, 0.4) is 0 Å². The minimum atomic E-state index is -4.52. The number of benzene rings is 1. The number of H-pyrrole nitrogens is 1. The molecular weight excluding hydrogens is 479 g/mol. The van der Waals surface area contributed by atoms with E-state index in [1.807, 2.05) is 13.0 Å². The van der Waals surface area contributed by atoms with Crippen LogP contribution in [0.5, 0.6) is 0 Å². The van der Waals surface area contributed by atoms with E-state index in [1.165, 1.54) is 30.6 Å². The first-order chi connectivity index (χ1) is 17.2. The summed E-state index contributed by atoms with van der Waals surface area (Å²) >= 11 is 0. The minimum absolute atomic E-state index is 0.0745. The predicted octanol–water partition coefficient (Wildman–Crippen LogP) is 3.45. The second kappa shape index (κ2) is 11.7.